The molecular formula is C11H12ClIO2. The highest BCUT2D eigenvalue weighted by molar-refractivity contribution is 14.1. The Kier molecular flexibility index (Phi) is 3.55. The summed E-state index contributed by atoms with van der Waals surface area (Å²) >= 11 is 8.01. The Morgan fingerprint density at radius 3 is 2.67 bits per heavy atom. The van der Waals surface area contributed by atoms with Gasteiger partial charge in [0.1, 0.15) is 0 Å². The van der Waals surface area contributed by atoms with Gasteiger partial charge in [0, 0.05) is 9.13 Å². The number of hydrogen-bond donors (Lipinski definition) is 0. The molecule has 1 aromatic carbocycles. The summed E-state index contributed by atoms with van der Waals surface area (Å²) in [6.45, 7) is 2.49. The lowest BCUT2D eigenvalue weighted by Crippen LogP contribution is -2.24. The summed E-state index contributed by atoms with van der Waals surface area (Å²) in [5.41, 5.74) is 1.04. The monoisotopic (exact) mass is 338 g/mol. The van der Waals surface area contributed by atoms with Gasteiger partial charge in [0.15, 0.2) is 5.79 Å². The van der Waals surface area contributed by atoms with Gasteiger partial charge in [-0.2, -0.15) is 0 Å². The first-order chi connectivity index (χ1) is 7.14. The minimum atomic E-state index is -0.635. The van der Waals surface area contributed by atoms with Crippen molar-refractivity contribution in [1.29, 1.82) is 0 Å². The molecule has 4 heteroatoms. The van der Waals surface area contributed by atoms with Crippen molar-refractivity contribution in [3.63, 3.8) is 0 Å². The highest BCUT2D eigenvalue weighted by Gasteiger charge is 2.38. The lowest BCUT2D eigenvalue weighted by atomic mass is 10.1. The Morgan fingerprint density at radius 2 is 2.13 bits per heavy atom. The maximum absolute atomic E-state index is 5.77. The summed E-state index contributed by atoms with van der Waals surface area (Å²) in [5.74, 6) is -0.163. The zero-order chi connectivity index (χ0) is 10.9. The number of benzene rings is 1. The SMILES string of the molecule is CC1(c2ccc(I)cc2)OCC(CCl)O1. The fourth-order valence-corrected chi connectivity index (χ4v) is 2.13. The van der Waals surface area contributed by atoms with Crippen molar-refractivity contribution < 1.29 is 9.47 Å². The lowest BCUT2D eigenvalue weighted by molar-refractivity contribution is -0.159. The van der Waals surface area contributed by atoms with E-state index in [0.717, 1.165) is 5.56 Å². The maximum atomic E-state index is 5.77. The fourth-order valence-electron chi connectivity index (χ4n) is 1.62. The first-order valence-corrected chi connectivity index (χ1v) is 6.39. The highest BCUT2D eigenvalue weighted by Crippen LogP contribution is 2.34. The molecule has 0 aliphatic carbocycles. The first-order valence-electron chi connectivity index (χ1n) is 4.78. The van der Waals surface area contributed by atoms with Gasteiger partial charge in [0.05, 0.1) is 18.6 Å². The molecule has 0 radical (unpaired) electrons. The van der Waals surface area contributed by atoms with Gasteiger partial charge in [-0.1, -0.05) is 12.1 Å². The Balaban J connectivity index is 2.20. The molecule has 82 valence electrons. The molecule has 0 amide bonds. The minimum absolute atomic E-state index is 0.00375. The molecule has 1 aliphatic heterocycles. The molecule has 0 spiro atoms. The van der Waals surface area contributed by atoms with E-state index >= 15 is 0 Å². The van der Waals surface area contributed by atoms with Crippen molar-refractivity contribution >= 4 is 34.2 Å². The molecule has 2 unspecified atom stereocenters. The Labute approximate surface area is 108 Å². The Hall–Kier alpha value is 0.160. The van der Waals surface area contributed by atoms with Gasteiger partial charge in [-0.3, -0.25) is 0 Å². The minimum Gasteiger partial charge on any atom is -0.343 e. The summed E-state index contributed by atoms with van der Waals surface area (Å²) < 4.78 is 12.6. The molecule has 1 aliphatic rings. The molecule has 1 heterocycles. The van der Waals surface area contributed by atoms with Gasteiger partial charge >= 0.3 is 0 Å². The molecule has 0 saturated carbocycles. The van der Waals surface area contributed by atoms with Crippen molar-refractivity contribution in [2.24, 2.45) is 0 Å². The first kappa shape index (κ1) is 11.6. The molecule has 2 rings (SSSR count). The third-order valence-corrected chi connectivity index (χ3v) is 3.54. The van der Waals surface area contributed by atoms with Gasteiger partial charge in [-0.05, 0) is 41.6 Å². The average Bonchev–Trinajstić information content (AvgIpc) is 2.62. The zero-order valence-electron chi connectivity index (χ0n) is 8.37. The number of ether oxygens (including phenoxy) is 2. The summed E-state index contributed by atoms with van der Waals surface area (Å²) in [7, 11) is 0. The lowest BCUT2D eigenvalue weighted by Gasteiger charge is -2.23. The summed E-state index contributed by atoms with van der Waals surface area (Å²) in [5, 5.41) is 0. The van der Waals surface area contributed by atoms with Crippen LogP contribution in [0.3, 0.4) is 0 Å². The van der Waals surface area contributed by atoms with Crippen LogP contribution in [0.4, 0.5) is 0 Å². The highest BCUT2D eigenvalue weighted by atomic mass is 127. The van der Waals surface area contributed by atoms with Crippen molar-refractivity contribution in [2.75, 3.05) is 12.5 Å². The molecular weight excluding hydrogens is 326 g/mol. The predicted octanol–water partition coefficient (Wildman–Crippen LogP) is 3.12. The van der Waals surface area contributed by atoms with Crippen LogP contribution in [0.1, 0.15) is 12.5 Å². The van der Waals surface area contributed by atoms with E-state index in [4.69, 9.17) is 21.1 Å². The normalized spacial score (nSPS) is 30.7. The molecule has 1 aromatic rings. The second-order valence-electron chi connectivity index (χ2n) is 3.66. The van der Waals surface area contributed by atoms with Crippen molar-refractivity contribution in [1.82, 2.24) is 0 Å². The van der Waals surface area contributed by atoms with E-state index in [1.54, 1.807) is 0 Å². The molecule has 0 bridgehead atoms. The number of hydrogen-bond acceptors (Lipinski definition) is 2. The summed E-state index contributed by atoms with van der Waals surface area (Å²) in [6.07, 6.45) is -0.00375. The number of alkyl halides is 1. The van der Waals surface area contributed by atoms with Crippen LogP contribution in [0.25, 0.3) is 0 Å². The third-order valence-electron chi connectivity index (χ3n) is 2.48. The summed E-state index contributed by atoms with van der Waals surface area (Å²) in [4.78, 5) is 0. The molecule has 2 atom stereocenters. The molecule has 15 heavy (non-hydrogen) atoms. The summed E-state index contributed by atoms with van der Waals surface area (Å²) in [6, 6.07) is 8.14. The van der Waals surface area contributed by atoms with Crippen molar-refractivity contribution in [3.8, 4) is 0 Å². The molecule has 0 aromatic heterocycles. The number of halogens is 2. The van der Waals surface area contributed by atoms with E-state index in [1.165, 1.54) is 3.57 Å². The van der Waals surface area contributed by atoms with E-state index in [2.05, 4.69) is 22.6 Å². The van der Waals surface area contributed by atoms with Gasteiger partial charge in [-0.15, -0.1) is 11.6 Å². The predicted molar refractivity (Wildman–Crippen MR) is 68.1 cm³/mol. The topological polar surface area (TPSA) is 18.5 Å². The van der Waals surface area contributed by atoms with Crippen LogP contribution in [-0.2, 0) is 15.3 Å². The van der Waals surface area contributed by atoms with Gasteiger partial charge in [0.25, 0.3) is 0 Å². The Morgan fingerprint density at radius 1 is 1.47 bits per heavy atom. The van der Waals surface area contributed by atoms with E-state index in [-0.39, 0.29) is 6.10 Å². The zero-order valence-corrected chi connectivity index (χ0v) is 11.3. The second kappa shape index (κ2) is 4.57. The fraction of sp³-hybridized carbons (Fsp3) is 0.455. The van der Waals surface area contributed by atoms with Gasteiger partial charge < -0.3 is 9.47 Å². The van der Waals surface area contributed by atoms with Crippen LogP contribution < -0.4 is 0 Å². The Bertz CT molecular complexity index is 341. The molecule has 1 fully saturated rings. The standard InChI is InChI=1S/C11H12ClIO2/c1-11(14-7-10(6-12)15-11)8-2-4-9(13)5-3-8/h2-5,10H,6-7H2,1H3. The van der Waals surface area contributed by atoms with Gasteiger partial charge in [0.2, 0.25) is 0 Å². The second-order valence-corrected chi connectivity index (χ2v) is 5.21. The van der Waals surface area contributed by atoms with Crippen LogP contribution in [-0.4, -0.2) is 18.6 Å². The smallest absolute Gasteiger partial charge is 0.192 e. The molecule has 1 saturated heterocycles. The van der Waals surface area contributed by atoms with Crippen LogP contribution in [0.2, 0.25) is 0 Å². The van der Waals surface area contributed by atoms with E-state index < -0.39 is 5.79 Å². The van der Waals surface area contributed by atoms with Crippen molar-refractivity contribution in [2.45, 2.75) is 18.8 Å². The molecule has 0 N–H and O–H groups in total. The van der Waals surface area contributed by atoms with Crippen LogP contribution in [0.5, 0.6) is 0 Å². The maximum Gasteiger partial charge on any atom is 0.192 e. The molecule has 2 nitrogen and oxygen atoms in total. The van der Waals surface area contributed by atoms with Crippen molar-refractivity contribution in [3.05, 3.63) is 33.4 Å². The van der Waals surface area contributed by atoms with Crippen LogP contribution in [0, 0.1) is 3.57 Å². The number of rotatable bonds is 2. The van der Waals surface area contributed by atoms with Gasteiger partial charge in [-0.25, -0.2) is 0 Å². The van der Waals surface area contributed by atoms with E-state index in [9.17, 15) is 0 Å². The average molecular weight is 339 g/mol. The third kappa shape index (κ3) is 2.46. The van der Waals surface area contributed by atoms with E-state index in [1.807, 2.05) is 31.2 Å². The van der Waals surface area contributed by atoms with Crippen LogP contribution in [0.15, 0.2) is 24.3 Å². The van der Waals surface area contributed by atoms with Crippen LogP contribution >= 0.6 is 34.2 Å². The van der Waals surface area contributed by atoms with E-state index in [0.29, 0.717) is 12.5 Å². The quantitative estimate of drug-likeness (QED) is 0.609. The largest absolute Gasteiger partial charge is 0.343 e.